The van der Waals surface area contributed by atoms with E-state index in [0.29, 0.717) is 13.1 Å². The van der Waals surface area contributed by atoms with Crippen LogP contribution in [0.2, 0.25) is 0 Å². The summed E-state index contributed by atoms with van der Waals surface area (Å²) in [5.41, 5.74) is 5.38. The monoisotopic (exact) mass is 362 g/mol. The van der Waals surface area contributed by atoms with Crippen molar-refractivity contribution in [3.8, 4) is 0 Å². The van der Waals surface area contributed by atoms with Gasteiger partial charge >= 0.3 is 6.09 Å². The van der Waals surface area contributed by atoms with E-state index in [9.17, 15) is 4.79 Å². The number of amides is 1. The summed E-state index contributed by atoms with van der Waals surface area (Å²) < 4.78 is 5.42. The summed E-state index contributed by atoms with van der Waals surface area (Å²) in [4.78, 5) is 24.5. The highest BCUT2D eigenvalue weighted by molar-refractivity contribution is 5.69. The normalized spacial score (nSPS) is 18.1. The van der Waals surface area contributed by atoms with E-state index in [2.05, 4.69) is 20.2 Å². The number of rotatable bonds is 5. The Morgan fingerprint density at radius 2 is 2.08 bits per heavy atom. The van der Waals surface area contributed by atoms with Crippen LogP contribution in [0, 0.1) is 5.92 Å². The van der Waals surface area contributed by atoms with E-state index in [-0.39, 0.29) is 18.1 Å². The maximum atomic E-state index is 12.2. The highest BCUT2D eigenvalue weighted by atomic mass is 16.6. The number of nitrogens with one attached hydrogen (secondary N) is 1. The third-order valence-corrected chi connectivity index (χ3v) is 4.94. The van der Waals surface area contributed by atoms with Crippen LogP contribution in [0.25, 0.3) is 0 Å². The van der Waals surface area contributed by atoms with Crippen molar-refractivity contribution in [1.29, 1.82) is 0 Å². The fourth-order valence-electron chi connectivity index (χ4n) is 3.02. The molecule has 0 aromatic carbocycles. The third-order valence-electron chi connectivity index (χ3n) is 4.94. The van der Waals surface area contributed by atoms with Crippen molar-refractivity contribution >= 4 is 23.7 Å². The molecule has 144 valence electrons. The number of hydrogen-bond donors (Lipinski definition) is 2. The molecule has 1 aliphatic carbocycles. The van der Waals surface area contributed by atoms with Gasteiger partial charge in [0.05, 0.1) is 6.04 Å². The molecular formula is C18H30N6O2. The molecule has 2 fully saturated rings. The second kappa shape index (κ2) is 7.17. The molecule has 3 N–H and O–H groups in total. The predicted octanol–water partition coefficient (Wildman–Crippen LogP) is 2.33. The molecule has 8 heteroatoms. The van der Waals surface area contributed by atoms with Crippen molar-refractivity contribution in [1.82, 2.24) is 14.9 Å². The van der Waals surface area contributed by atoms with E-state index in [1.54, 1.807) is 11.9 Å². The number of hydrogen-bond acceptors (Lipinski definition) is 7. The zero-order valence-corrected chi connectivity index (χ0v) is 16.2. The molecule has 0 bridgehead atoms. The molecule has 1 aromatic heterocycles. The van der Waals surface area contributed by atoms with Crippen LogP contribution in [-0.4, -0.2) is 59.3 Å². The molecule has 0 radical (unpaired) electrons. The quantitative estimate of drug-likeness (QED) is 0.830. The molecule has 1 aromatic rings. The Labute approximate surface area is 155 Å². The van der Waals surface area contributed by atoms with E-state index in [0.717, 1.165) is 24.1 Å². The number of ether oxygens (including phenoxy) is 1. The topological polar surface area (TPSA) is 96.6 Å². The average molecular weight is 362 g/mol. The zero-order chi connectivity index (χ0) is 18.9. The summed E-state index contributed by atoms with van der Waals surface area (Å²) >= 11 is 0. The Bertz CT molecular complexity index is 650. The number of aromatic nitrogens is 2. The van der Waals surface area contributed by atoms with Crippen LogP contribution in [0.15, 0.2) is 6.07 Å². The summed E-state index contributed by atoms with van der Waals surface area (Å²) in [6.07, 6.45) is 3.59. The molecule has 1 saturated carbocycles. The van der Waals surface area contributed by atoms with Crippen molar-refractivity contribution in [2.24, 2.45) is 5.92 Å². The third kappa shape index (κ3) is 4.47. The highest BCUT2D eigenvalue weighted by Gasteiger charge is 2.35. The van der Waals surface area contributed by atoms with E-state index in [4.69, 9.17) is 10.5 Å². The molecule has 2 aliphatic rings. The van der Waals surface area contributed by atoms with E-state index in [1.165, 1.54) is 19.3 Å². The number of nitrogens with zero attached hydrogens (tertiary/aromatic N) is 4. The molecule has 26 heavy (non-hydrogen) atoms. The maximum Gasteiger partial charge on any atom is 0.410 e. The Morgan fingerprint density at radius 3 is 2.65 bits per heavy atom. The van der Waals surface area contributed by atoms with Crippen LogP contribution in [0.3, 0.4) is 0 Å². The Kier molecular flexibility index (Phi) is 5.11. The molecule has 1 amide bonds. The molecular weight excluding hydrogens is 332 g/mol. The van der Waals surface area contributed by atoms with Gasteiger partial charge < -0.3 is 25.6 Å². The first-order chi connectivity index (χ1) is 12.2. The SMILES string of the molecule is CN(C(=O)OC(C)(C)C)C1CN(c2cc(NCC3CCC3)nc(N)n2)C1. The van der Waals surface area contributed by atoms with Gasteiger partial charge in [-0.15, -0.1) is 0 Å². The van der Waals surface area contributed by atoms with Crippen LogP contribution in [0.4, 0.5) is 22.4 Å². The largest absolute Gasteiger partial charge is 0.444 e. The fraction of sp³-hybridized carbons (Fsp3) is 0.722. The first-order valence-electron chi connectivity index (χ1n) is 9.30. The standard InChI is InChI=1S/C18H30N6O2/c1-18(2,3)26-17(25)23(4)13-10-24(11-13)15-8-14(21-16(19)22-15)20-9-12-6-5-7-12/h8,12-13H,5-7,9-11H2,1-4H3,(H3,19,20,21,22). The molecule has 8 nitrogen and oxygen atoms in total. The van der Waals surface area contributed by atoms with Crippen LogP contribution in [0.5, 0.6) is 0 Å². The zero-order valence-electron chi connectivity index (χ0n) is 16.2. The molecule has 0 spiro atoms. The van der Waals surface area contributed by atoms with E-state index in [1.807, 2.05) is 26.8 Å². The number of carbonyl (C=O) groups excluding carboxylic acids is 1. The number of carbonyl (C=O) groups is 1. The predicted molar refractivity (Wildman–Crippen MR) is 102 cm³/mol. The molecule has 1 aliphatic heterocycles. The minimum Gasteiger partial charge on any atom is -0.444 e. The van der Waals surface area contributed by atoms with Crippen molar-refractivity contribution < 1.29 is 9.53 Å². The summed E-state index contributed by atoms with van der Waals surface area (Å²) in [5, 5.41) is 3.37. The van der Waals surface area contributed by atoms with Crippen molar-refractivity contribution in [3.05, 3.63) is 6.07 Å². The fourth-order valence-corrected chi connectivity index (χ4v) is 3.02. The number of likely N-dealkylation sites (N-methyl/N-ethyl adjacent to an activating group) is 1. The minimum atomic E-state index is -0.489. The van der Waals surface area contributed by atoms with Gasteiger partial charge in [0.2, 0.25) is 5.95 Å². The number of nitrogen functional groups attached to an aromatic ring is 1. The number of anilines is 3. The van der Waals surface area contributed by atoms with Gasteiger partial charge in [0.25, 0.3) is 0 Å². The first kappa shape index (κ1) is 18.5. The van der Waals surface area contributed by atoms with Crippen molar-refractivity contribution in [3.63, 3.8) is 0 Å². The molecule has 1 saturated heterocycles. The van der Waals surface area contributed by atoms with Gasteiger partial charge in [0, 0.05) is 32.7 Å². The minimum absolute atomic E-state index is 0.104. The molecule has 3 rings (SSSR count). The molecule has 0 unspecified atom stereocenters. The Morgan fingerprint density at radius 1 is 1.38 bits per heavy atom. The Balaban J connectivity index is 1.54. The van der Waals surface area contributed by atoms with Gasteiger partial charge in [0.15, 0.2) is 0 Å². The molecule has 2 heterocycles. The van der Waals surface area contributed by atoms with Crippen LogP contribution in [-0.2, 0) is 4.74 Å². The average Bonchev–Trinajstić information content (AvgIpc) is 2.41. The summed E-state index contributed by atoms with van der Waals surface area (Å²) in [6.45, 7) is 7.94. The smallest absolute Gasteiger partial charge is 0.410 e. The van der Waals surface area contributed by atoms with E-state index < -0.39 is 5.60 Å². The summed E-state index contributed by atoms with van der Waals surface area (Å²) in [7, 11) is 1.77. The van der Waals surface area contributed by atoms with Crippen LogP contribution >= 0.6 is 0 Å². The maximum absolute atomic E-state index is 12.2. The lowest BCUT2D eigenvalue weighted by atomic mass is 9.85. The lowest BCUT2D eigenvalue weighted by Crippen LogP contribution is -2.60. The lowest BCUT2D eigenvalue weighted by molar-refractivity contribution is 0.0196. The first-order valence-corrected chi connectivity index (χ1v) is 9.30. The lowest BCUT2D eigenvalue weighted by Gasteiger charge is -2.44. The Hall–Kier alpha value is -2.25. The van der Waals surface area contributed by atoms with Gasteiger partial charge in [-0.05, 0) is 39.5 Å². The summed E-state index contributed by atoms with van der Waals surface area (Å²) in [5.74, 6) is 2.57. The van der Waals surface area contributed by atoms with Crippen molar-refractivity contribution in [2.45, 2.75) is 51.7 Å². The number of nitrogens with two attached hydrogens (primary N) is 1. The second-order valence-electron chi connectivity index (χ2n) is 8.30. The van der Waals surface area contributed by atoms with E-state index >= 15 is 0 Å². The highest BCUT2D eigenvalue weighted by Crippen LogP contribution is 2.28. The molecule has 0 atom stereocenters. The van der Waals surface area contributed by atoms with Crippen LogP contribution in [0.1, 0.15) is 40.0 Å². The van der Waals surface area contributed by atoms with Crippen LogP contribution < -0.4 is 16.0 Å². The van der Waals surface area contributed by atoms with Gasteiger partial charge in [0.1, 0.15) is 17.2 Å². The van der Waals surface area contributed by atoms with Gasteiger partial charge in [-0.2, -0.15) is 9.97 Å². The van der Waals surface area contributed by atoms with Gasteiger partial charge in [-0.1, -0.05) is 6.42 Å². The van der Waals surface area contributed by atoms with Gasteiger partial charge in [-0.3, -0.25) is 0 Å². The van der Waals surface area contributed by atoms with Gasteiger partial charge in [-0.25, -0.2) is 4.79 Å². The second-order valence-corrected chi connectivity index (χ2v) is 8.30. The van der Waals surface area contributed by atoms with Crippen molar-refractivity contribution in [2.75, 3.05) is 42.6 Å². The summed E-state index contributed by atoms with van der Waals surface area (Å²) in [6, 6.07) is 2.03.